The number of ether oxygens (including phenoxy) is 1. The number of hydrogen-bond acceptors (Lipinski definition) is 3. The van der Waals surface area contributed by atoms with Crippen LogP contribution in [-0.4, -0.2) is 28.3 Å². The van der Waals surface area contributed by atoms with Crippen molar-refractivity contribution in [3.8, 4) is 0 Å². The van der Waals surface area contributed by atoms with Gasteiger partial charge in [0.2, 0.25) is 0 Å². The van der Waals surface area contributed by atoms with E-state index in [2.05, 4.69) is 14.9 Å². The normalized spacial score (nSPS) is 22.4. The van der Waals surface area contributed by atoms with E-state index in [1.54, 1.807) is 0 Å². The van der Waals surface area contributed by atoms with Gasteiger partial charge in [0.1, 0.15) is 0 Å². The van der Waals surface area contributed by atoms with Crippen molar-refractivity contribution in [3.05, 3.63) is 18.2 Å². The highest BCUT2D eigenvalue weighted by atomic mass is 16.5. The van der Waals surface area contributed by atoms with E-state index in [9.17, 15) is 0 Å². The van der Waals surface area contributed by atoms with E-state index in [0.717, 1.165) is 19.1 Å². The maximum atomic E-state index is 5.67. The van der Waals surface area contributed by atoms with E-state index in [-0.39, 0.29) is 5.60 Å². The fourth-order valence-corrected chi connectivity index (χ4v) is 2.48. The molecule has 0 unspecified atom stereocenters. The lowest BCUT2D eigenvalue weighted by Gasteiger charge is -2.41. The Kier molecular flexibility index (Phi) is 2.92. The molecule has 3 rings (SSSR count). The van der Waals surface area contributed by atoms with Crippen molar-refractivity contribution < 1.29 is 4.74 Å². The van der Waals surface area contributed by atoms with Gasteiger partial charge in [0.25, 0.3) is 0 Å². The van der Waals surface area contributed by atoms with Crippen LogP contribution in [0.15, 0.2) is 12.5 Å². The summed E-state index contributed by atoms with van der Waals surface area (Å²) in [6, 6.07) is 0.749. The molecule has 1 heterocycles. The summed E-state index contributed by atoms with van der Waals surface area (Å²) in [6.07, 6.45) is 10.2. The highest BCUT2D eigenvalue weighted by Crippen LogP contribution is 2.36. The third-order valence-electron chi connectivity index (χ3n) is 4.10. The Bertz CT molecular complexity index is 374. The van der Waals surface area contributed by atoms with Crippen molar-refractivity contribution in [2.24, 2.45) is 0 Å². The summed E-state index contributed by atoms with van der Waals surface area (Å²) >= 11 is 0. The van der Waals surface area contributed by atoms with Crippen molar-refractivity contribution in [1.82, 2.24) is 14.9 Å². The second-order valence-corrected chi connectivity index (χ2v) is 5.41. The van der Waals surface area contributed by atoms with Gasteiger partial charge in [-0.2, -0.15) is 0 Å². The number of nitrogens with zero attached hydrogens (tertiary/aromatic N) is 2. The van der Waals surface area contributed by atoms with Gasteiger partial charge in [0.05, 0.1) is 24.2 Å². The molecule has 4 heteroatoms. The SMILES string of the molecule is COC1(Cn2cncc2CNC2CC2)CCC1. The third-order valence-corrected chi connectivity index (χ3v) is 4.10. The largest absolute Gasteiger partial charge is 0.376 e. The predicted molar refractivity (Wildman–Crippen MR) is 65.7 cm³/mol. The van der Waals surface area contributed by atoms with Gasteiger partial charge in [-0.1, -0.05) is 0 Å². The van der Waals surface area contributed by atoms with Crippen LogP contribution in [0.2, 0.25) is 0 Å². The summed E-state index contributed by atoms with van der Waals surface area (Å²) in [5.74, 6) is 0. The first-order chi connectivity index (χ1) is 8.31. The first kappa shape index (κ1) is 11.2. The fraction of sp³-hybridized carbons (Fsp3) is 0.769. The zero-order chi connectivity index (χ0) is 11.7. The molecule has 2 aliphatic rings. The molecule has 1 aromatic rings. The van der Waals surface area contributed by atoms with Crippen molar-refractivity contribution >= 4 is 0 Å². The molecule has 4 nitrogen and oxygen atoms in total. The van der Waals surface area contributed by atoms with Crippen LogP contribution in [0, 0.1) is 0 Å². The van der Waals surface area contributed by atoms with Gasteiger partial charge < -0.3 is 14.6 Å². The standard InChI is InChI=1S/C13H21N3O/c1-17-13(5-2-6-13)9-16-10-14-7-12(16)8-15-11-3-4-11/h7,10-11,15H,2-6,8-9H2,1H3. The number of nitrogens with one attached hydrogen (secondary N) is 1. The van der Waals surface area contributed by atoms with Crippen molar-refractivity contribution in [1.29, 1.82) is 0 Å². The monoisotopic (exact) mass is 235 g/mol. The van der Waals surface area contributed by atoms with Crippen molar-refractivity contribution in [2.45, 2.75) is 56.8 Å². The Morgan fingerprint density at radius 3 is 2.94 bits per heavy atom. The molecule has 17 heavy (non-hydrogen) atoms. The third kappa shape index (κ3) is 2.38. The maximum absolute atomic E-state index is 5.67. The maximum Gasteiger partial charge on any atom is 0.0949 e. The fourth-order valence-electron chi connectivity index (χ4n) is 2.48. The summed E-state index contributed by atoms with van der Waals surface area (Å²) in [5, 5.41) is 3.54. The second-order valence-electron chi connectivity index (χ2n) is 5.41. The zero-order valence-corrected chi connectivity index (χ0v) is 10.5. The highest BCUT2D eigenvalue weighted by Gasteiger charge is 2.37. The zero-order valence-electron chi connectivity index (χ0n) is 10.5. The second kappa shape index (κ2) is 4.42. The number of hydrogen-bond donors (Lipinski definition) is 1. The molecule has 0 aliphatic heterocycles. The minimum atomic E-state index is 0.0784. The Hall–Kier alpha value is -0.870. The van der Waals surface area contributed by atoms with Gasteiger partial charge >= 0.3 is 0 Å². The van der Waals surface area contributed by atoms with E-state index < -0.39 is 0 Å². The Balaban J connectivity index is 1.63. The first-order valence-electron chi connectivity index (χ1n) is 6.59. The molecule has 1 N–H and O–H groups in total. The summed E-state index contributed by atoms with van der Waals surface area (Å²) in [4.78, 5) is 4.26. The lowest BCUT2D eigenvalue weighted by Crippen LogP contribution is -2.43. The van der Waals surface area contributed by atoms with Crippen molar-refractivity contribution in [2.75, 3.05) is 7.11 Å². The molecule has 0 aromatic carbocycles. The first-order valence-corrected chi connectivity index (χ1v) is 6.59. The summed E-state index contributed by atoms with van der Waals surface area (Å²) in [6.45, 7) is 1.88. The Morgan fingerprint density at radius 2 is 2.35 bits per heavy atom. The van der Waals surface area contributed by atoms with Crippen LogP contribution in [0.1, 0.15) is 37.8 Å². The molecular weight excluding hydrogens is 214 g/mol. The molecular formula is C13H21N3O. The van der Waals surface area contributed by atoms with Gasteiger partial charge in [0, 0.05) is 25.9 Å². The van der Waals surface area contributed by atoms with E-state index >= 15 is 0 Å². The molecule has 2 aliphatic carbocycles. The van der Waals surface area contributed by atoms with Crippen LogP contribution in [0.4, 0.5) is 0 Å². The molecule has 2 fully saturated rings. The van der Waals surface area contributed by atoms with Crippen LogP contribution in [0.25, 0.3) is 0 Å². The highest BCUT2D eigenvalue weighted by molar-refractivity contribution is 5.02. The molecule has 0 atom stereocenters. The molecule has 0 bridgehead atoms. The lowest BCUT2D eigenvalue weighted by molar-refractivity contribution is -0.0839. The van der Waals surface area contributed by atoms with E-state index in [1.807, 2.05) is 19.6 Å². The van der Waals surface area contributed by atoms with Crippen LogP contribution < -0.4 is 5.32 Å². The van der Waals surface area contributed by atoms with Gasteiger partial charge in [-0.3, -0.25) is 0 Å². The minimum absolute atomic E-state index is 0.0784. The number of aromatic nitrogens is 2. The quantitative estimate of drug-likeness (QED) is 0.815. The number of imidazole rings is 1. The molecule has 0 amide bonds. The van der Waals surface area contributed by atoms with Crippen LogP contribution in [0.3, 0.4) is 0 Å². The molecule has 2 saturated carbocycles. The number of rotatable bonds is 6. The Labute approximate surface area is 102 Å². The van der Waals surface area contributed by atoms with E-state index in [0.29, 0.717) is 0 Å². The van der Waals surface area contributed by atoms with Crippen LogP contribution >= 0.6 is 0 Å². The van der Waals surface area contributed by atoms with Crippen molar-refractivity contribution in [3.63, 3.8) is 0 Å². The molecule has 0 saturated heterocycles. The molecule has 1 aromatic heterocycles. The average Bonchev–Trinajstić information content (AvgIpc) is 3.01. The van der Waals surface area contributed by atoms with Gasteiger partial charge in [-0.05, 0) is 32.1 Å². The Morgan fingerprint density at radius 1 is 1.53 bits per heavy atom. The van der Waals surface area contributed by atoms with Crippen LogP contribution in [0.5, 0.6) is 0 Å². The van der Waals surface area contributed by atoms with Gasteiger partial charge in [-0.25, -0.2) is 4.98 Å². The smallest absolute Gasteiger partial charge is 0.0949 e. The number of methoxy groups -OCH3 is 1. The molecule has 0 spiro atoms. The van der Waals surface area contributed by atoms with E-state index in [1.165, 1.54) is 37.8 Å². The summed E-state index contributed by atoms with van der Waals surface area (Å²) < 4.78 is 7.92. The lowest BCUT2D eigenvalue weighted by atomic mass is 9.80. The topological polar surface area (TPSA) is 39.1 Å². The summed E-state index contributed by atoms with van der Waals surface area (Å²) in [7, 11) is 1.83. The summed E-state index contributed by atoms with van der Waals surface area (Å²) in [5.41, 5.74) is 1.36. The predicted octanol–water partition coefficient (Wildman–Crippen LogP) is 1.70. The minimum Gasteiger partial charge on any atom is -0.376 e. The van der Waals surface area contributed by atoms with Gasteiger partial charge in [0.15, 0.2) is 0 Å². The molecule has 94 valence electrons. The molecule has 0 radical (unpaired) electrons. The van der Waals surface area contributed by atoms with Gasteiger partial charge in [-0.15, -0.1) is 0 Å². The van der Waals surface area contributed by atoms with E-state index in [4.69, 9.17) is 4.74 Å². The van der Waals surface area contributed by atoms with Crippen LogP contribution in [-0.2, 0) is 17.8 Å². The average molecular weight is 235 g/mol.